The quantitative estimate of drug-likeness (QED) is 0.657. The Balaban J connectivity index is 2.14. The maximum Gasteiger partial charge on any atom is 0.254 e. The van der Waals surface area contributed by atoms with Gasteiger partial charge in [0.25, 0.3) is 5.91 Å². The van der Waals surface area contributed by atoms with Gasteiger partial charge in [-0.25, -0.2) is 13.4 Å². The number of nitrogens with zero attached hydrogens (tertiary/aromatic N) is 4. The van der Waals surface area contributed by atoms with Crippen molar-refractivity contribution in [1.29, 1.82) is 0 Å². The minimum Gasteiger partial charge on any atom is -0.338 e. The predicted molar refractivity (Wildman–Crippen MR) is 110 cm³/mol. The van der Waals surface area contributed by atoms with E-state index in [0.29, 0.717) is 28.0 Å². The van der Waals surface area contributed by atoms with E-state index in [-0.39, 0.29) is 11.7 Å². The molecule has 2 aromatic heterocycles. The van der Waals surface area contributed by atoms with Crippen molar-refractivity contribution in [2.24, 2.45) is 7.05 Å². The molecule has 1 aromatic carbocycles. The fraction of sp³-hybridized carbons (Fsp3) is 0.350. The summed E-state index contributed by atoms with van der Waals surface area (Å²) in [4.78, 5) is 19.5. The highest BCUT2D eigenvalue weighted by Crippen LogP contribution is 2.28. The highest BCUT2D eigenvalue weighted by molar-refractivity contribution is 7.90. The summed E-state index contributed by atoms with van der Waals surface area (Å²) < 4.78 is 25.0. The van der Waals surface area contributed by atoms with Crippen LogP contribution >= 0.6 is 0 Å². The highest BCUT2D eigenvalue weighted by Gasteiger charge is 2.25. The van der Waals surface area contributed by atoms with Crippen LogP contribution in [0.15, 0.2) is 36.4 Å². The van der Waals surface area contributed by atoms with E-state index in [2.05, 4.69) is 5.10 Å². The van der Waals surface area contributed by atoms with Gasteiger partial charge in [0.1, 0.15) is 9.84 Å². The number of fused-ring (bicyclic) bond motifs is 1. The van der Waals surface area contributed by atoms with Gasteiger partial charge in [-0.15, -0.1) is 0 Å². The molecule has 148 valence electrons. The van der Waals surface area contributed by atoms with E-state index in [4.69, 9.17) is 4.98 Å². The van der Waals surface area contributed by atoms with Crippen molar-refractivity contribution in [2.45, 2.75) is 19.9 Å². The number of sulfone groups is 1. The van der Waals surface area contributed by atoms with Gasteiger partial charge in [-0.3, -0.25) is 9.48 Å². The summed E-state index contributed by atoms with van der Waals surface area (Å²) in [6, 6.07) is 10.9. The number of hydrogen-bond donors (Lipinski definition) is 0. The first-order chi connectivity index (χ1) is 13.1. The van der Waals surface area contributed by atoms with Crippen molar-refractivity contribution in [3.05, 3.63) is 47.7 Å². The van der Waals surface area contributed by atoms with Gasteiger partial charge < -0.3 is 4.90 Å². The molecule has 0 aliphatic carbocycles. The van der Waals surface area contributed by atoms with Crippen LogP contribution in [0.1, 0.15) is 23.0 Å². The number of hydrogen-bond acceptors (Lipinski definition) is 5. The number of rotatable bonds is 5. The van der Waals surface area contributed by atoms with Crippen LogP contribution in [0.4, 0.5) is 0 Å². The Kier molecular flexibility index (Phi) is 5.25. The monoisotopic (exact) mass is 400 g/mol. The lowest BCUT2D eigenvalue weighted by atomic mass is 10.0. The molecule has 0 bridgehead atoms. The Labute approximate surface area is 164 Å². The smallest absolute Gasteiger partial charge is 0.254 e. The Hall–Kier alpha value is -2.74. The molecule has 0 radical (unpaired) electrons. The van der Waals surface area contributed by atoms with Gasteiger partial charge >= 0.3 is 0 Å². The topological polar surface area (TPSA) is 85.2 Å². The van der Waals surface area contributed by atoms with Gasteiger partial charge in [0.2, 0.25) is 0 Å². The van der Waals surface area contributed by atoms with Crippen molar-refractivity contribution in [2.75, 3.05) is 19.1 Å². The first kappa shape index (κ1) is 20.0. The second-order valence-corrected chi connectivity index (χ2v) is 9.37. The Morgan fingerprint density at radius 3 is 2.50 bits per heavy atom. The number of amides is 1. The number of benzene rings is 1. The SMILES string of the molecule is Cc1nn(C)c2nc(-c3ccccc3)cc(C(=O)N(C)C(C)CS(C)(=O)=O)c12. The van der Waals surface area contributed by atoms with Gasteiger partial charge in [-0.1, -0.05) is 30.3 Å². The second-order valence-electron chi connectivity index (χ2n) is 7.19. The van der Waals surface area contributed by atoms with Gasteiger partial charge in [0, 0.05) is 32.0 Å². The Morgan fingerprint density at radius 2 is 1.89 bits per heavy atom. The lowest BCUT2D eigenvalue weighted by molar-refractivity contribution is 0.0758. The molecule has 0 N–H and O–H groups in total. The summed E-state index contributed by atoms with van der Waals surface area (Å²) in [6.45, 7) is 3.56. The normalized spacial score (nSPS) is 12.9. The van der Waals surface area contributed by atoms with Crippen LogP contribution in [0.2, 0.25) is 0 Å². The van der Waals surface area contributed by atoms with Gasteiger partial charge in [-0.05, 0) is 19.9 Å². The second kappa shape index (κ2) is 7.35. The Bertz CT molecular complexity index is 1140. The van der Waals surface area contributed by atoms with Crippen molar-refractivity contribution in [3.63, 3.8) is 0 Å². The van der Waals surface area contributed by atoms with Crippen LogP contribution in [0, 0.1) is 6.92 Å². The first-order valence-corrected chi connectivity index (χ1v) is 11.0. The zero-order valence-corrected chi connectivity index (χ0v) is 17.5. The molecule has 28 heavy (non-hydrogen) atoms. The molecule has 2 heterocycles. The summed E-state index contributed by atoms with van der Waals surface area (Å²) in [7, 11) is 0.212. The Morgan fingerprint density at radius 1 is 1.25 bits per heavy atom. The summed E-state index contributed by atoms with van der Waals surface area (Å²) in [6.07, 6.45) is 1.17. The molecule has 8 heteroatoms. The van der Waals surface area contributed by atoms with Crippen LogP contribution in [-0.2, 0) is 16.9 Å². The van der Waals surface area contributed by atoms with E-state index < -0.39 is 15.9 Å². The zero-order valence-electron chi connectivity index (χ0n) is 16.7. The fourth-order valence-corrected chi connectivity index (χ4v) is 4.41. The lowest BCUT2D eigenvalue weighted by Crippen LogP contribution is -2.39. The summed E-state index contributed by atoms with van der Waals surface area (Å²) in [5, 5.41) is 5.10. The minimum atomic E-state index is -3.20. The molecule has 0 saturated carbocycles. The van der Waals surface area contributed by atoms with Gasteiger partial charge in [-0.2, -0.15) is 5.10 Å². The molecule has 0 fully saturated rings. The van der Waals surface area contributed by atoms with E-state index in [9.17, 15) is 13.2 Å². The number of pyridine rings is 1. The minimum absolute atomic E-state index is 0.0962. The molecule has 1 amide bonds. The summed E-state index contributed by atoms with van der Waals surface area (Å²) >= 11 is 0. The van der Waals surface area contributed by atoms with Crippen molar-refractivity contribution < 1.29 is 13.2 Å². The molecule has 7 nitrogen and oxygen atoms in total. The van der Waals surface area contributed by atoms with E-state index in [1.54, 1.807) is 31.8 Å². The molecule has 0 spiro atoms. The number of carbonyl (C=O) groups is 1. The van der Waals surface area contributed by atoms with E-state index in [1.807, 2.05) is 37.3 Å². The maximum absolute atomic E-state index is 13.3. The van der Waals surface area contributed by atoms with Crippen LogP contribution in [0.3, 0.4) is 0 Å². The standard InChI is InChI=1S/C20H24N4O3S/c1-13(12-28(5,26)27)23(3)20(25)16-11-17(15-9-7-6-8-10-15)21-19-18(16)14(2)22-24(19)4/h6-11,13H,12H2,1-5H3. The molecule has 3 rings (SSSR count). The van der Waals surface area contributed by atoms with E-state index in [1.165, 1.54) is 11.2 Å². The molecule has 0 aliphatic rings. The van der Waals surface area contributed by atoms with Crippen molar-refractivity contribution >= 4 is 26.8 Å². The molecule has 0 saturated heterocycles. The lowest BCUT2D eigenvalue weighted by Gasteiger charge is -2.25. The molecule has 1 unspecified atom stereocenters. The zero-order chi connectivity index (χ0) is 20.6. The predicted octanol–water partition coefficient (Wildman–Crippen LogP) is 2.45. The molecule has 0 aliphatic heterocycles. The first-order valence-electron chi connectivity index (χ1n) is 8.93. The summed E-state index contributed by atoms with van der Waals surface area (Å²) in [5.41, 5.74) is 3.36. The number of aryl methyl sites for hydroxylation is 2. The third-order valence-electron chi connectivity index (χ3n) is 4.79. The number of aromatic nitrogens is 3. The van der Waals surface area contributed by atoms with Gasteiger partial charge in [0.15, 0.2) is 5.65 Å². The van der Waals surface area contributed by atoms with E-state index >= 15 is 0 Å². The van der Waals surface area contributed by atoms with Crippen LogP contribution in [-0.4, -0.2) is 59.1 Å². The summed E-state index contributed by atoms with van der Waals surface area (Å²) in [5.74, 6) is -0.349. The third-order valence-corrected chi connectivity index (χ3v) is 5.88. The van der Waals surface area contributed by atoms with Crippen LogP contribution < -0.4 is 0 Å². The molecule has 1 atom stereocenters. The maximum atomic E-state index is 13.3. The average Bonchev–Trinajstić information content (AvgIpc) is 2.93. The van der Waals surface area contributed by atoms with E-state index in [0.717, 1.165) is 5.56 Å². The molecular formula is C20H24N4O3S. The largest absolute Gasteiger partial charge is 0.338 e. The van der Waals surface area contributed by atoms with Crippen LogP contribution in [0.5, 0.6) is 0 Å². The van der Waals surface area contributed by atoms with Crippen LogP contribution in [0.25, 0.3) is 22.3 Å². The molecular weight excluding hydrogens is 376 g/mol. The highest BCUT2D eigenvalue weighted by atomic mass is 32.2. The fourth-order valence-electron chi connectivity index (χ4n) is 3.31. The number of carbonyl (C=O) groups excluding carboxylic acids is 1. The molecule has 3 aromatic rings. The average molecular weight is 401 g/mol. The van der Waals surface area contributed by atoms with Crippen molar-refractivity contribution in [1.82, 2.24) is 19.7 Å². The van der Waals surface area contributed by atoms with Gasteiger partial charge in [0.05, 0.1) is 28.1 Å². The van der Waals surface area contributed by atoms with Crippen molar-refractivity contribution in [3.8, 4) is 11.3 Å². The third kappa shape index (κ3) is 3.91.